The fourth-order valence-electron chi connectivity index (χ4n) is 2.42. The number of hydrogen-bond donors (Lipinski definition) is 2. The molecule has 8 nitrogen and oxygen atoms in total. The van der Waals surface area contributed by atoms with E-state index in [1.165, 1.54) is 25.6 Å². The molecule has 1 atom stereocenters. The zero-order chi connectivity index (χ0) is 18.7. The standard InChI is InChI=1S/C16H21N3O5S/c1-7(2)11(16(21)22)19-13(20)12-8(3)10-14(24-5)17-9(6-23-4)18-15(10)25-12/h7,11H,6H2,1-5H3,(H,19,20)(H,21,22)/t11-/m1/s1. The molecular formula is C16H21N3O5S. The molecule has 2 rings (SSSR count). The number of aliphatic carboxylic acids is 1. The molecule has 2 aromatic rings. The number of ether oxygens (including phenoxy) is 2. The number of carboxylic acids is 1. The van der Waals surface area contributed by atoms with Gasteiger partial charge in [-0.05, 0) is 18.4 Å². The summed E-state index contributed by atoms with van der Waals surface area (Å²) >= 11 is 1.18. The number of methoxy groups -OCH3 is 2. The Morgan fingerprint density at radius 1 is 1.28 bits per heavy atom. The van der Waals surface area contributed by atoms with E-state index in [1.807, 2.05) is 0 Å². The first kappa shape index (κ1) is 19.1. The molecule has 25 heavy (non-hydrogen) atoms. The van der Waals surface area contributed by atoms with Crippen molar-refractivity contribution in [2.75, 3.05) is 14.2 Å². The van der Waals surface area contributed by atoms with E-state index < -0.39 is 17.9 Å². The molecule has 0 saturated heterocycles. The van der Waals surface area contributed by atoms with Crippen LogP contribution in [-0.4, -0.2) is 47.2 Å². The Hall–Kier alpha value is -2.26. The van der Waals surface area contributed by atoms with Crippen molar-refractivity contribution in [1.82, 2.24) is 15.3 Å². The molecule has 0 aromatic carbocycles. The second-order valence-electron chi connectivity index (χ2n) is 5.85. The lowest BCUT2D eigenvalue weighted by atomic mass is 10.0. The molecule has 0 aliphatic carbocycles. The van der Waals surface area contributed by atoms with E-state index in [-0.39, 0.29) is 12.5 Å². The van der Waals surface area contributed by atoms with Gasteiger partial charge in [0.1, 0.15) is 17.5 Å². The molecule has 1 amide bonds. The summed E-state index contributed by atoms with van der Waals surface area (Å²) in [4.78, 5) is 33.6. The molecule has 2 aromatic heterocycles. The highest BCUT2D eigenvalue weighted by atomic mass is 32.1. The molecule has 0 saturated carbocycles. The number of nitrogens with zero attached hydrogens (tertiary/aromatic N) is 2. The summed E-state index contributed by atoms with van der Waals surface area (Å²) in [5, 5.41) is 12.5. The van der Waals surface area contributed by atoms with Crippen LogP contribution in [0.15, 0.2) is 0 Å². The van der Waals surface area contributed by atoms with Crippen molar-refractivity contribution >= 4 is 33.4 Å². The number of nitrogens with one attached hydrogen (secondary N) is 1. The zero-order valence-electron chi connectivity index (χ0n) is 14.7. The Kier molecular flexibility index (Phi) is 5.91. The molecule has 2 heterocycles. The highest BCUT2D eigenvalue weighted by Gasteiger charge is 2.27. The summed E-state index contributed by atoms with van der Waals surface area (Å²) in [6.07, 6.45) is 0. The molecule has 0 fully saturated rings. The number of fused-ring (bicyclic) bond motifs is 1. The number of amides is 1. The second kappa shape index (κ2) is 7.75. The lowest BCUT2D eigenvalue weighted by molar-refractivity contribution is -0.140. The smallest absolute Gasteiger partial charge is 0.326 e. The van der Waals surface area contributed by atoms with Crippen molar-refractivity contribution in [3.63, 3.8) is 0 Å². The van der Waals surface area contributed by atoms with Crippen LogP contribution in [0.3, 0.4) is 0 Å². The van der Waals surface area contributed by atoms with Gasteiger partial charge < -0.3 is 19.9 Å². The molecule has 0 unspecified atom stereocenters. The molecule has 136 valence electrons. The number of carbonyl (C=O) groups is 2. The minimum absolute atomic E-state index is 0.221. The predicted octanol–water partition coefficient (Wildman–Crippen LogP) is 1.99. The van der Waals surface area contributed by atoms with E-state index >= 15 is 0 Å². The minimum Gasteiger partial charge on any atom is -0.480 e. The van der Waals surface area contributed by atoms with Gasteiger partial charge in [-0.2, -0.15) is 4.98 Å². The minimum atomic E-state index is -1.07. The van der Waals surface area contributed by atoms with Crippen molar-refractivity contribution in [3.05, 3.63) is 16.3 Å². The quantitative estimate of drug-likeness (QED) is 0.770. The molecule has 0 bridgehead atoms. The average molecular weight is 367 g/mol. The molecule has 0 aliphatic rings. The Balaban J connectivity index is 2.46. The Morgan fingerprint density at radius 2 is 1.96 bits per heavy atom. The average Bonchev–Trinajstić information content (AvgIpc) is 2.88. The maximum atomic E-state index is 12.6. The first-order valence-corrected chi connectivity index (χ1v) is 8.48. The van der Waals surface area contributed by atoms with Gasteiger partial charge in [0.2, 0.25) is 5.88 Å². The summed E-state index contributed by atoms with van der Waals surface area (Å²) in [5.41, 5.74) is 0.659. The third-order valence-corrected chi connectivity index (χ3v) is 4.88. The lowest BCUT2D eigenvalue weighted by Gasteiger charge is -2.17. The number of aromatic nitrogens is 2. The van der Waals surface area contributed by atoms with Crippen molar-refractivity contribution < 1.29 is 24.2 Å². The van der Waals surface area contributed by atoms with Gasteiger partial charge in [-0.3, -0.25) is 4.79 Å². The first-order valence-electron chi connectivity index (χ1n) is 7.66. The van der Waals surface area contributed by atoms with E-state index in [0.29, 0.717) is 32.4 Å². The normalized spacial score (nSPS) is 12.4. The summed E-state index contributed by atoms with van der Waals surface area (Å²) in [5.74, 6) is -0.938. The SMILES string of the molecule is COCc1nc(OC)c2c(C)c(C(=O)N[C@@H](C(=O)O)C(C)C)sc2n1. The van der Waals surface area contributed by atoms with Gasteiger partial charge in [0.25, 0.3) is 5.91 Å². The number of hydrogen-bond acceptors (Lipinski definition) is 7. The fraction of sp³-hybridized carbons (Fsp3) is 0.500. The van der Waals surface area contributed by atoms with Gasteiger partial charge >= 0.3 is 5.97 Å². The third-order valence-electron chi connectivity index (χ3n) is 3.70. The van der Waals surface area contributed by atoms with Crippen LogP contribution in [0.25, 0.3) is 10.2 Å². The highest BCUT2D eigenvalue weighted by molar-refractivity contribution is 7.20. The van der Waals surface area contributed by atoms with E-state index in [1.54, 1.807) is 20.8 Å². The van der Waals surface area contributed by atoms with E-state index in [4.69, 9.17) is 9.47 Å². The van der Waals surface area contributed by atoms with Gasteiger partial charge in [-0.1, -0.05) is 13.8 Å². The summed E-state index contributed by atoms with van der Waals surface area (Å²) < 4.78 is 10.4. The van der Waals surface area contributed by atoms with E-state index in [9.17, 15) is 14.7 Å². The lowest BCUT2D eigenvalue weighted by Crippen LogP contribution is -2.44. The van der Waals surface area contributed by atoms with Crippen LogP contribution in [-0.2, 0) is 16.1 Å². The van der Waals surface area contributed by atoms with Crippen LogP contribution in [0.1, 0.15) is 34.9 Å². The molecule has 0 radical (unpaired) electrons. The third kappa shape index (κ3) is 3.88. The van der Waals surface area contributed by atoms with Gasteiger partial charge in [-0.25, -0.2) is 9.78 Å². The van der Waals surface area contributed by atoms with Crippen LogP contribution < -0.4 is 10.1 Å². The van der Waals surface area contributed by atoms with E-state index in [2.05, 4.69) is 15.3 Å². The monoisotopic (exact) mass is 367 g/mol. The Bertz CT molecular complexity index is 803. The number of carbonyl (C=O) groups excluding carboxylic acids is 1. The largest absolute Gasteiger partial charge is 0.480 e. The number of rotatable bonds is 7. The van der Waals surface area contributed by atoms with Crippen LogP contribution in [0.5, 0.6) is 5.88 Å². The summed E-state index contributed by atoms with van der Waals surface area (Å²) in [7, 11) is 3.03. The predicted molar refractivity (Wildman–Crippen MR) is 93.1 cm³/mol. The zero-order valence-corrected chi connectivity index (χ0v) is 15.6. The molecule has 0 aliphatic heterocycles. The Labute approximate surface area is 149 Å². The number of thiophene rings is 1. The van der Waals surface area contributed by atoms with Crippen LogP contribution >= 0.6 is 11.3 Å². The van der Waals surface area contributed by atoms with Crippen molar-refractivity contribution in [1.29, 1.82) is 0 Å². The molecular weight excluding hydrogens is 346 g/mol. The fourth-order valence-corrected chi connectivity index (χ4v) is 3.52. The van der Waals surface area contributed by atoms with Crippen LogP contribution in [0.4, 0.5) is 0 Å². The van der Waals surface area contributed by atoms with Crippen LogP contribution in [0.2, 0.25) is 0 Å². The Morgan fingerprint density at radius 3 is 2.48 bits per heavy atom. The van der Waals surface area contributed by atoms with Gasteiger partial charge in [-0.15, -0.1) is 11.3 Å². The van der Waals surface area contributed by atoms with Crippen LogP contribution in [0, 0.1) is 12.8 Å². The van der Waals surface area contributed by atoms with Gasteiger partial charge in [0.05, 0.1) is 17.4 Å². The second-order valence-corrected chi connectivity index (χ2v) is 6.85. The van der Waals surface area contributed by atoms with Crippen molar-refractivity contribution in [2.45, 2.75) is 33.4 Å². The highest BCUT2D eigenvalue weighted by Crippen LogP contribution is 2.35. The molecule has 2 N–H and O–H groups in total. The van der Waals surface area contributed by atoms with Gasteiger partial charge in [0, 0.05) is 7.11 Å². The number of aryl methyl sites for hydroxylation is 1. The molecule has 0 spiro atoms. The first-order chi connectivity index (χ1) is 11.8. The van der Waals surface area contributed by atoms with Gasteiger partial charge in [0.15, 0.2) is 5.82 Å². The maximum absolute atomic E-state index is 12.6. The number of carboxylic acid groups (broad SMARTS) is 1. The van der Waals surface area contributed by atoms with Crippen molar-refractivity contribution in [2.24, 2.45) is 5.92 Å². The summed E-state index contributed by atoms with van der Waals surface area (Å²) in [6.45, 7) is 5.46. The maximum Gasteiger partial charge on any atom is 0.326 e. The topological polar surface area (TPSA) is 111 Å². The summed E-state index contributed by atoms with van der Waals surface area (Å²) in [6, 6.07) is -0.964. The van der Waals surface area contributed by atoms with E-state index in [0.717, 1.165) is 0 Å². The van der Waals surface area contributed by atoms with Crippen molar-refractivity contribution in [3.8, 4) is 5.88 Å². The molecule has 9 heteroatoms.